The Balaban J connectivity index is 1.85. The van der Waals surface area contributed by atoms with Gasteiger partial charge in [0.2, 0.25) is 0 Å². The van der Waals surface area contributed by atoms with E-state index in [0.29, 0.717) is 24.4 Å². The van der Waals surface area contributed by atoms with E-state index in [2.05, 4.69) is 0 Å². The molecule has 2 aromatic carbocycles. The van der Waals surface area contributed by atoms with Gasteiger partial charge in [0.15, 0.2) is 0 Å². The monoisotopic (exact) mass is 312 g/mol. The summed E-state index contributed by atoms with van der Waals surface area (Å²) in [6.45, 7) is 5.16. The number of rotatable bonds is 6. The van der Waals surface area contributed by atoms with E-state index >= 15 is 0 Å². The van der Waals surface area contributed by atoms with Crippen molar-refractivity contribution < 1.29 is 9.53 Å². The summed E-state index contributed by atoms with van der Waals surface area (Å²) in [5, 5.41) is 0. The van der Waals surface area contributed by atoms with Gasteiger partial charge in [0.1, 0.15) is 5.75 Å². The van der Waals surface area contributed by atoms with Gasteiger partial charge in [-0.25, -0.2) is 0 Å². The maximum absolute atomic E-state index is 12.5. The van der Waals surface area contributed by atoms with Gasteiger partial charge in [-0.05, 0) is 49.6 Å². The van der Waals surface area contributed by atoms with E-state index in [1.165, 1.54) is 0 Å². The number of anilines is 1. The number of aryl methyl sites for hydroxylation is 2. The lowest BCUT2D eigenvalue weighted by molar-refractivity contribution is 0.0787. The minimum Gasteiger partial charge on any atom is -0.493 e. The van der Waals surface area contributed by atoms with Crippen LogP contribution in [0.3, 0.4) is 0 Å². The van der Waals surface area contributed by atoms with Crippen LogP contribution in [0.4, 0.5) is 5.69 Å². The van der Waals surface area contributed by atoms with Crippen LogP contribution in [0.1, 0.15) is 27.9 Å². The van der Waals surface area contributed by atoms with Gasteiger partial charge in [-0.2, -0.15) is 0 Å². The molecular formula is C19H24N2O2. The number of nitrogens with two attached hydrogens (primary N) is 1. The zero-order valence-corrected chi connectivity index (χ0v) is 14.0. The average Bonchev–Trinajstić information content (AvgIpc) is 2.54. The fraction of sp³-hybridized carbons (Fsp3) is 0.316. The first-order valence-electron chi connectivity index (χ1n) is 7.79. The van der Waals surface area contributed by atoms with Crippen molar-refractivity contribution in [3.05, 3.63) is 59.2 Å². The van der Waals surface area contributed by atoms with Crippen molar-refractivity contribution in [2.24, 2.45) is 0 Å². The van der Waals surface area contributed by atoms with Gasteiger partial charge >= 0.3 is 0 Å². The molecule has 0 aliphatic carbocycles. The molecule has 122 valence electrons. The summed E-state index contributed by atoms with van der Waals surface area (Å²) in [5.74, 6) is 0.888. The minimum absolute atomic E-state index is 0.00862. The molecule has 0 radical (unpaired) electrons. The summed E-state index contributed by atoms with van der Waals surface area (Å²) in [5.41, 5.74) is 9.10. The van der Waals surface area contributed by atoms with Crippen LogP contribution >= 0.6 is 0 Å². The van der Waals surface area contributed by atoms with E-state index in [0.717, 1.165) is 23.3 Å². The molecule has 0 unspecified atom stereocenters. The molecule has 0 atom stereocenters. The second-order valence-corrected chi connectivity index (χ2v) is 5.77. The Labute approximate surface area is 137 Å². The number of amides is 1. The Hall–Kier alpha value is -2.49. The van der Waals surface area contributed by atoms with Crippen molar-refractivity contribution in [1.82, 2.24) is 4.90 Å². The molecule has 0 aliphatic rings. The highest BCUT2D eigenvalue weighted by Gasteiger charge is 2.14. The van der Waals surface area contributed by atoms with Gasteiger partial charge in [-0.3, -0.25) is 4.79 Å². The van der Waals surface area contributed by atoms with Crippen LogP contribution in [-0.4, -0.2) is 31.0 Å². The third-order valence-corrected chi connectivity index (χ3v) is 3.83. The number of hydrogen-bond acceptors (Lipinski definition) is 3. The molecule has 0 heterocycles. The highest BCUT2D eigenvalue weighted by atomic mass is 16.5. The van der Waals surface area contributed by atoms with Crippen LogP contribution in [0.5, 0.6) is 5.75 Å². The highest BCUT2D eigenvalue weighted by Crippen LogP contribution is 2.17. The molecule has 0 aliphatic heterocycles. The Kier molecular flexibility index (Phi) is 5.63. The van der Waals surface area contributed by atoms with Gasteiger partial charge in [0.05, 0.1) is 6.61 Å². The lowest BCUT2D eigenvalue weighted by atomic mass is 10.1. The first kappa shape index (κ1) is 16.9. The summed E-state index contributed by atoms with van der Waals surface area (Å²) in [4.78, 5) is 14.2. The molecule has 0 aromatic heterocycles. The summed E-state index contributed by atoms with van der Waals surface area (Å²) >= 11 is 0. The van der Waals surface area contributed by atoms with E-state index in [-0.39, 0.29) is 5.91 Å². The van der Waals surface area contributed by atoms with E-state index in [4.69, 9.17) is 10.5 Å². The van der Waals surface area contributed by atoms with E-state index in [1.54, 1.807) is 18.0 Å². The highest BCUT2D eigenvalue weighted by molar-refractivity contribution is 5.96. The van der Waals surface area contributed by atoms with Crippen LogP contribution in [0, 0.1) is 13.8 Å². The number of hydrogen-bond donors (Lipinski definition) is 1. The smallest absolute Gasteiger partial charge is 0.253 e. The first-order chi connectivity index (χ1) is 11.0. The number of carbonyl (C=O) groups excluding carboxylic acids is 1. The molecule has 2 aromatic rings. The van der Waals surface area contributed by atoms with E-state index in [1.807, 2.05) is 50.2 Å². The number of nitrogen functional groups attached to an aromatic ring is 1. The molecule has 0 bridgehead atoms. The van der Waals surface area contributed by atoms with Gasteiger partial charge < -0.3 is 15.4 Å². The van der Waals surface area contributed by atoms with Crippen LogP contribution in [-0.2, 0) is 0 Å². The normalized spacial score (nSPS) is 10.4. The van der Waals surface area contributed by atoms with Crippen molar-refractivity contribution in [3.63, 3.8) is 0 Å². The lowest BCUT2D eigenvalue weighted by Gasteiger charge is -2.19. The fourth-order valence-electron chi connectivity index (χ4n) is 2.38. The maximum Gasteiger partial charge on any atom is 0.253 e. The molecule has 0 saturated carbocycles. The average molecular weight is 312 g/mol. The molecule has 1 amide bonds. The molecular weight excluding hydrogens is 288 g/mol. The standard InChI is InChI=1S/C19H24N2O2/c1-14-9-10-16(20)13-17(14)19(22)21(3)11-6-12-23-18-8-5-4-7-15(18)2/h4-5,7-10,13H,6,11-12,20H2,1-3H3. The van der Waals surface area contributed by atoms with Gasteiger partial charge in [-0.15, -0.1) is 0 Å². The van der Waals surface area contributed by atoms with Crippen molar-refractivity contribution in [2.45, 2.75) is 20.3 Å². The van der Waals surface area contributed by atoms with Crippen molar-refractivity contribution in [1.29, 1.82) is 0 Å². The summed E-state index contributed by atoms with van der Waals surface area (Å²) in [7, 11) is 1.80. The Morgan fingerprint density at radius 1 is 1.13 bits per heavy atom. The van der Waals surface area contributed by atoms with Crippen molar-refractivity contribution in [2.75, 3.05) is 25.9 Å². The molecule has 2 rings (SSSR count). The van der Waals surface area contributed by atoms with Gasteiger partial charge in [-0.1, -0.05) is 24.3 Å². The lowest BCUT2D eigenvalue weighted by Crippen LogP contribution is -2.29. The van der Waals surface area contributed by atoms with Crippen LogP contribution in [0.2, 0.25) is 0 Å². The second kappa shape index (κ2) is 7.68. The van der Waals surface area contributed by atoms with Crippen molar-refractivity contribution in [3.8, 4) is 5.75 Å². The quantitative estimate of drug-likeness (QED) is 0.657. The SMILES string of the molecule is Cc1ccccc1OCCCN(C)C(=O)c1cc(N)ccc1C. The number of ether oxygens (including phenoxy) is 1. The predicted molar refractivity (Wildman–Crippen MR) is 93.8 cm³/mol. The summed E-state index contributed by atoms with van der Waals surface area (Å²) in [6, 6.07) is 13.3. The Bertz CT molecular complexity index is 683. The third-order valence-electron chi connectivity index (χ3n) is 3.83. The predicted octanol–water partition coefficient (Wildman–Crippen LogP) is 3.43. The minimum atomic E-state index is -0.00862. The molecule has 0 spiro atoms. The summed E-state index contributed by atoms with van der Waals surface area (Å²) < 4.78 is 5.76. The van der Waals surface area contributed by atoms with Gasteiger partial charge in [0.25, 0.3) is 5.91 Å². The molecule has 23 heavy (non-hydrogen) atoms. The summed E-state index contributed by atoms with van der Waals surface area (Å²) in [6.07, 6.45) is 0.776. The zero-order chi connectivity index (χ0) is 16.8. The molecule has 4 heteroatoms. The van der Waals surface area contributed by atoms with Crippen molar-refractivity contribution >= 4 is 11.6 Å². The fourth-order valence-corrected chi connectivity index (χ4v) is 2.38. The van der Waals surface area contributed by atoms with E-state index < -0.39 is 0 Å². The van der Waals surface area contributed by atoms with Crippen LogP contribution in [0.15, 0.2) is 42.5 Å². The maximum atomic E-state index is 12.5. The number of para-hydroxylation sites is 1. The second-order valence-electron chi connectivity index (χ2n) is 5.77. The molecule has 4 nitrogen and oxygen atoms in total. The zero-order valence-electron chi connectivity index (χ0n) is 14.0. The number of benzene rings is 2. The molecule has 0 fully saturated rings. The van der Waals surface area contributed by atoms with E-state index in [9.17, 15) is 4.79 Å². The molecule has 0 saturated heterocycles. The van der Waals surface area contributed by atoms with Gasteiger partial charge in [0, 0.05) is 24.8 Å². The Morgan fingerprint density at radius 3 is 2.61 bits per heavy atom. The molecule has 2 N–H and O–H groups in total. The topological polar surface area (TPSA) is 55.6 Å². The Morgan fingerprint density at radius 2 is 1.87 bits per heavy atom. The largest absolute Gasteiger partial charge is 0.493 e. The first-order valence-corrected chi connectivity index (χ1v) is 7.79. The van der Waals surface area contributed by atoms with Crippen LogP contribution < -0.4 is 10.5 Å². The number of nitrogens with zero attached hydrogens (tertiary/aromatic N) is 1. The third kappa shape index (κ3) is 4.49. The van der Waals surface area contributed by atoms with Crippen LogP contribution in [0.25, 0.3) is 0 Å². The number of carbonyl (C=O) groups is 1.